The summed E-state index contributed by atoms with van der Waals surface area (Å²) in [5.41, 5.74) is 0.208. The van der Waals surface area contributed by atoms with E-state index in [2.05, 4.69) is 0 Å². The van der Waals surface area contributed by atoms with Gasteiger partial charge in [-0.3, -0.25) is 20.2 Å². The maximum atomic E-state index is 11.7. The van der Waals surface area contributed by atoms with Crippen LogP contribution < -0.4 is 24.8 Å². The number of methoxy groups -OCH3 is 3. The molecule has 1 aromatic carbocycles. The first-order valence-electron chi connectivity index (χ1n) is 6.19. The minimum atomic E-state index is -0.855. The number of hydrogen-bond donors (Lipinski definition) is 2. The number of nitrogens with one attached hydrogen (secondary N) is 2. The van der Waals surface area contributed by atoms with Crippen LogP contribution in [0.15, 0.2) is 17.7 Å². The maximum Gasteiger partial charge on any atom is 0.328 e. The van der Waals surface area contributed by atoms with Crippen LogP contribution in [0.5, 0.6) is 17.2 Å². The highest BCUT2D eigenvalue weighted by Crippen LogP contribution is 2.40. The van der Waals surface area contributed by atoms with Gasteiger partial charge in [-0.05, 0) is 18.2 Å². The summed E-state index contributed by atoms with van der Waals surface area (Å²) < 4.78 is 15.6. The van der Waals surface area contributed by atoms with E-state index in [-0.39, 0.29) is 5.57 Å². The van der Waals surface area contributed by atoms with Crippen molar-refractivity contribution in [2.75, 3.05) is 21.3 Å². The minimum Gasteiger partial charge on any atom is -0.493 e. The van der Waals surface area contributed by atoms with E-state index in [1.165, 1.54) is 27.4 Å². The van der Waals surface area contributed by atoms with E-state index in [1.807, 2.05) is 10.6 Å². The van der Waals surface area contributed by atoms with E-state index in [4.69, 9.17) is 14.2 Å². The van der Waals surface area contributed by atoms with Gasteiger partial charge in [0, 0.05) is 5.56 Å². The Bertz CT molecular complexity index is 658. The summed E-state index contributed by atoms with van der Waals surface area (Å²) in [7, 11) is 4.34. The largest absolute Gasteiger partial charge is 0.493 e. The number of carbonyl (C=O) groups excluding carboxylic acids is 3. The molecule has 1 aliphatic heterocycles. The lowest BCUT2D eigenvalue weighted by molar-refractivity contribution is -0.123. The first-order valence-corrected chi connectivity index (χ1v) is 6.19. The average molecular weight is 306 g/mol. The smallest absolute Gasteiger partial charge is 0.328 e. The fraction of sp³-hybridized carbons (Fsp3) is 0.214. The topological polar surface area (TPSA) is 103 Å². The first kappa shape index (κ1) is 15.4. The van der Waals surface area contributed by atoms with Crippen LogP contribution in [0.2, 0.25) is 0 Å². The number of urea groups is 1. The van der Waals surface area contributed by atoms with Gasteiger partial charge in [-0.1, -0.05) is 0 Å². The molecule has 2 N–H and O–H groups in total. The van der Waals surface area contributed by atoms with Crippen LogP contribution in [-0.4, -0.2) is 39.2 Å². The molecule has 1 fully saturated rings. The van der Waals surface area contributed by atoms with Gasteiger partial charge in [0.05, 0.1) is 21.3 Å². The zero-order chi connectivity index (χ0) is 16.3. The lowest BCUT2D eigenvalue weighted by Gasteiger charge is -2.16. The minimum absolute atomic E-state index is 0.217. The molecule has 1 heterocycles. The van der Waals surface area contributed by atoms with Gasteiger partial charge in [0.15, 0.2) is 11.5 Å². The second-order valence-electron chi connectivity index (χ2n) is 4.22. The summed E-state index contributed by atoms with van der Waals surface area (Å²) in [6.07, 6.45) is 1.30. The molecule has 0 aliphatic carbocycles. The number of rotatable bonds is 4. The van der Waals surface area contributed by atoms with Crippen LogP contribution in [0.4, 0.5) is 4.79 Å². The predicted molar refractivity (Wildman–Crippen MR) is 75.8 cm³/mol. The Hall–Kier alpha value is -3.03. The van der Waals surface area contributed by atoms with Crippen molar-refractivity contribution in [3.63, 3.8) is 0 Å². The molecule has 8 nitrogen and oxygen atoms in total. The van der Waals surface area contributed by atoms with E-state index in [9.17, 15) is 14.4 Å². The molecule has 0 unspecified atom stereocenters. The van der Waals surface area contributed by atoms with Crippen LogP contribution in [0.1, 0.15) is 5.56 Å². The molecule has 0 saturated carbocycles. The van der Waals surface area contributed by atoms with Crippen LogP contribution >= 0.6 is 0 Å². The third kappa shape index (κ3) is 2.71. The van der Waals surface area contributed by atoms with Crippen molar-refractivity contribution in [1.82, 2.24) is 10.6 Å². The lowest BCUT2D eigenvalue weighted by atomic mass is 10.1. The fourth-order valence-corrected chi connectivity index (χ4v) is 2.00. The molecule has 0 spiro atoms. The Balaban J connectivity index is 2.53. The summed E-state index contributed by atoms with van der Waals surface area (Å²) in [6.45, 7) is 0. The molecule has 2 rings (SSSR count). The Morgan fingerprint density at radius 3 is 1.95 bits per heavy atom. The van der Waals surface area contributed by atoms with Crippen molar-refractivity contribution in [2.45, 2.75) is 0 Å². The van der Waals surface area contributed by atoms with E-state index >= 15 is 0 Å². The molecule has 0 bridgehead atoms. The van der Waals surface area contributed by atoms with Gasteiger partial charge in [0.25, 0.3) is 11.8 Å². The van der Waals surface area contributed by atoms with Gasteiger partial charge < -0.3 is 14.2 Å². The van der Waals surface area contributed by atoms with E-state index in [1.54, 1.807) is 12.1 Å². The predicted octanol–water partition coefficient (Wildman–Crippen LogP) is 0.462. The molecule has 0 atom stereocenters. The number of hydrogen-bond acceptors (Lipinski definition) is 6. The maximum absolute atomic E-state index is 11.7. The summed E-state index contributed by atoms with van der Waals surface area (Å²) in [5.74, 6) is -0.510. The third-order valence-electron chi connectivity index (χ3n) is 2.98. The summed E-state index contributed by atoms with van der Waals surface area (Å²) in [4.78, 5) is 34.5. The molecular formula is C14H14N2O6. The Labute approximate surface area is 126 Å². The van der Waals surface area contributed by atoms with Gasteiger partial charge in [-0.2, -0.15) is 0 Å². The van der Waals surface area contributed by atoms with Crippen molar-refractivity contribution in [1.29, 1.82) is 0 Å². The number of benzene rings is 1. The molecule has 116 valence electrons. The van der Waals surface area contributed by atoms with Crippen LogP contribution in [-0.2, 0) is 9.59 Å². The van der Waals surface area contributed by atoms with Crippen molar-refractivity contribution < 1.29 is 28.6 Å². The zero-order valence-electron chi connectivity index (χ0n) is 12.2. The number of amides is 4. The van der Waals surface area contributed by atoms with Gasteiger partial charge >= 0.3 is 6.03 Å². The molecule has 1 aromatic rings. The number of imide groups is 2. The van der Waals surface area contributed by atoms with Crippen molar-refractivity contribution in [3.05, 3.63) is 23.3 Å². The molecule has 0 aromatic heterocycles. The fourth-order valence-electron chi connectivity index (χ4n) is 2.00. The highest BCUT2D eigenvalue weighted by Gasteiger charge is 2.28. The third-order valence-corrected chi connectivity index (χ3v) is 2.98. The molecule has 8 heteroatoms. The molecule has 22 heavy (non-hydrogen) atoms. The monoisotopic (exact) mass is 306 g/mol. The normalized spacial score (nSPS) is 14.1. The summed E-state index contributed by atoms with van der Waals surface area (Å²) in [5, 5.41) is 3.99. The second-order valence-corrected chi connectivity index (χ2v) is 4.22. The molecule has 1 aliphatic rings. The molecule has 0 radical (unpaired) electrons. The van der Waals surface area contributed by atoms with E-state index < -0.39 is 17.8 Å². The van der Waals surface area contributed by atoms with Crippen LogP contribution in [0.25, 0.3) is 6.08 Å². The summed E-state index contributed by atoms with van der Waals surface area (Å²) >= 11 is 0. The Kier molecular flexibility index (Phi) is 4.31. The van der Waals surface area contributed by atoms with Crippen LogP contribution in [0, 0.1) is 0 Å². The molecular weight excluding hydrogens is 292 g/mol. The van der Waals surface area contributed by atoms with Crippen molar-refractivity contribution >= 4 is 23.9 Å². The summed E-state index contributed by atoms with van der Waals surface area (Å²) in [6, 6.07) is 2.35. The lowest BCUT2D eigenvalue weighted by Crippen LogP contribution is -2.51. The highest BCUT2D eigenvalue weighted by molar-refractivity contribution is 6.31. The quantitative estimate of drug-likeness (QED) is 0.619. The Morgan fingerprint density at radius 1 is 0.864 bits per heavy atom. The zero-order valence-corrected chi connectivity index (χ0v) is 12.2. The van der Waals surface area contributed by atoms with Crippen LogP contribution in [0.3, 0.4) is 0 Å². The second kappa shape index (κ2) is 6.17. The molecule has 4 amide bonds. The van der Waals surface area contributed by atoms with Crippen molar-refractivity contribution in [3.8, 4) is 17.2 Å². The van der Waals surface area contributed by atoms with Gasteiger partial charge in [0.2, 0.25) is 5.75 Å². The molecule has 1 saturated heterocycles. The van der Waals surface area contributed by atoms with Gasteiger partial charge in [0.1, 0.15) is 5.57 Å². The van der Waals surface area contributed by atoms with E-state index in [0.717, 1.165) is 0 Å². The van der Waals surface area contributed by atoms with Crippen molar-refractivity contribution in [2.24, 2.45) is 0 Å². The van der Waals surface area contributed by atoms with Gasteiger partial charge in [-0.15, -0.1) is 0 Å². The number of ether oxygens (including phenoxy) is 3. The van der Waals surface area contributed by atoms with Gasteiger partial charge in [-0.25, -0.2) is 4.79 Å². The standard InChI is InChI=1S/C14H14N2O6/c1-20-9-5-4-7(10(21-2)11(9)22-3)6-8-12(17)15-14(19)16-13(8)18/h4-6H,1-3H3,(H2,15,16,17,18,19). The van der Waals surface area contributed by atoms with E-state index in [0.29, 0.717) is 22.8 Å². The SMILES string of the molecule is COc1ccc(C=C2C(=O)NC(=O)NC2=O)c(OC)c1OC. The Morgan fingerprint density at radius 2 is 1.45 bits per heavy atom. The average Bonchev–Trinajstić information content (AvgIpc) is 2.49. The first-order chi connectivity index (χ1) is 10.5. The highest BCUT2D eigenvalue weighted by atomic mass is 16.5. The number of carbonyl (C=O) groups is 3. The number of barbiturate groups is 1.